The highest BCUT2D eigenvalue weighted by Gasteiger charge is 2.12. The van der Waals surface area contributed by atoms with Crippen molar-refractivity contribution in [1.29, 1.82) is 0 Å². The number of aliphatic hydroxyl groups is 1. The van der Waals surface area contributed by atoms with Crippen LogP contribution in [0.4, 0.5) is 5.69 Å². The first kappa shape index (κ1) is 17.1. The maximum Gasteiger partial charge on any atom is 0.148 e. The fourth-order valence-corrected chi connectivity index (χ4v) is 2.24. The highest BCUT2D eigenvalue weighted by atomic mass is 35.5. The Bertz CT molecular complexity index is 747. The van der Waals surface area contributed by atoms with Gasteiger partial charge >= 0.3 is 0 Å². The molecule has 2 aromatic rings. The third kappa shape index (κ3) is 3.55. The lowest BCUT2D eigenvalue weighted by molar-refractivity contribution is 0.280. The third-order valence-corrected chi connectivity index (χ3v) is 3.61. The second-order valence-electron chi connectivity index (χ2n) is 4.71. The molecule has 0 aliphatic rings. The molecule has 122 valence electrons. The summed E-state index contributed by atoms with van der Waals surface area (Å²) in [6, 6.07) is 3.22. The van der Waals surface area contributed by atoms with E-state index in [0.717, 1.165) is 0 Å². The average Bonchev–Trinajstić information content (AvgIpc) is 2.56. The maximum absolute atomic E-state index is 10.1. The number of aromatic hydroxyl groups is 1. The molecule has 0 aliphatic carbocycles. The Labute approximate surface area is 139 Å². The number of hydrogen-bond acceptors (Lipinski definition) is 6. The van der Waals surface area contributed by atoms with Crippen molar-refractivity contribution in [3.8, 4) is 17.2 Å². The highest BCUT2D eigenvalue weighted by Crippen LogP contribution is 2.37. The van der Waals surface area contributed by atoms with Crippen LogP contribution in [-0.2, 0) is 6.61 Å². The average molecular weight is 337 g/mol. The molecule has 0 aliphatic heterocycles. The van der Waals surface area contributed by atoms with Crippen molar-refractivity contribution in [1.82, 2.24) is 4.98 Å². The molecule has 0 saturated carbocycles. The molecule has 0 atom stereocenters. The van der Waals surface area contributed by atoms with Crippen LogP contribution in [-0.4, -0.2) is 35.6 Å². The van der Waals surface area contributed by atoms with Crippen molar-refractivity contribution in [2.45, 2.75) is 13.5 Å². The lowest BCUT2D eigenvalue weighted by Gasteiger charge is -2.10. The molecule has 1 aromatic heterocycles. The SMILES string of the molecule is COc1cc(OC)c(N=Cc2c(CO)cnc(C)c2O)cc1Cl. The smallest absolute Gasteiger partial charge is 0.148 e. The summed E-state index contributed by atoms with van der Waals surface area (Å²) < 4.78 is 10.4. The van der Waals surface area contributed by atoms with Gasteiger partial charge < -0.3 is 19.7 Å². The number of halogens is 1. The fourth-order valence-electron chi connectivity index (χ4n) is 2.00. The van der Waals surface area contributed by atoms with Gasteiger partial charge in [-0.3, -0.25) is 9.98 Å². The molecule has 1 heterocycles. The second kappa shape index (κ2) is 7.30. The van der Waals surface area contributed by atoms with Gasteiger partial charge in [0.25, 0.3) is 0 Å². The number of aliphatic hydroxyl groups excluding tert-OH is 1. The number of benzene rings is 1. The number of aromatic nitrogens is 1. The summed E-state index contributed by atoms with van der Waals surface area (Å²) >= 11 is 6.10. The molecular formula is C16H17ClN2O4. The van der Waals surface area contributed by atoms with E-state index in [1.54, 1.807) is 19.1 Å². The van der Waals surface area contributed by atoms with E-state index < -0.39 is 0 Å². The van der Waals surface area contributed by atoms with Crippen LogP contribution in [0.1, 0.15) is 16.8 Å². The summed E-state index contributed by atoms with van der Waals surface area (Å²) in [6.45, 7) is 1.40. The summed E-state index contributed by atoms with van der Waals surface area (Å²) in [4.78, 5) is 8.31. The Hall–Kier alpha value is -2.31. The van der Waals surface area contributed by atoms with Crippen LogP contribution < -0.4 is 9.47 Å². The van der Waals surface area contributed by atoms with E-state index in [-0.39, 0.29) is 12.4 Å². The minimum absolute atomic E-state index is 0.0288. The third-order valence-electron chi connectivity index (χ3n) is 3.31. The van der Waals surface area contributed by atoms with Crippen LogP contribution in [0.2, 0.25) is 5.02 Å². The summed E-state index contributed by atoms with van der Waals surface area (Å²) in [5.41, 5.74) is 1.78. The minimum Gasteiger partial charge on any atom is -0.505 e. The Kier molecular flexibility index (Phi) is 5.41. The first-order valence-corrected chi connectivity index (χ1v) is 7.13. The lowest BCUT2D eigenvalue weighted by atomic mass is 10.1. The molecular weight excluding hydrogens is 320 g/mol. The topological polar surface area (TPSA) is 84.2 Å². The van der Waals surface area contributed by atoms with Crippen LogP contribution in [0.3, 0.4) is 0 Å². The monoisotopic (exact) mass is 336 g/mol. The van der Waals surface area contributed by atoms with Crippen molar-refractivity contribution in [2.24, 2.45) is 4.99 Å². The number of pyridine rings is 1. The van der Waals surface area contributed by atoms with Crippen LogP contribution in [0.5, 0.6) is 17.2 Å². The van der Waals surface area contributed by atoms with E-state index in [1.807, 2.05) is 0 Å². The van der Waals surface area contributed by atoms with Gasteiger partial charge in [-0.2, -0.15) is 0 Å². The van der Waals surface area contributed by atoms with Crippen molar-refractivity contribution in [3.05, 3.63) is 40.2 Å². The number of aryl methyl sites for hydroxylation is 1. The van der Waals surface area contributed by atoms with Crippen molar-refractivity contribution >= 4 is 23.5 Å². The molecule has 0 radical (unpaired) electrons. The van der Waals surface area contributed by atoms with E-state index in [2.05, 4.69) is 9.98 Å². The van der Waals surface area contributed by atoms with Crippen LogP contribution in [0.15, 0.2) is 23.3 Å². The lowest BCUT2D eigenvalue weighted by Crippen LogP contribution is -1.98. The Balaban J connectivity index is 2.49. The van der Waals surface area contributed by atoms with E-state index in [1.165, 1.54) is 26.6 Å². The second-order valence-corrected chi connectivity index (χ2v) is 5.11. The Morgan fingerprint density at radius 3 is 2.57 bits per heavy atom. The largest absolute Gasteiger partial charge is 0.505 e. The van der Waals surface area contributed by atoms with Crippen molar-refractivity contribution in [3.63, 3.8) is 0 Å². The zero-order valence-electron chi connectivity index (χ0n) is 13.0. The zero-order chi connectivity index (χ0) is 17.0. The summed E-state index contributed by atoms with van der Waals surface area (Å²) in [5, 5.41) is 19.9. The van der Waals surface area contributed by atoms with E-state index in [4.69, 9.17) is 21.1 Å². The molecule has 7 heteroatoms. The van der Waals surface area contributed by atoms with Gasteiger partial charge in [-0.15, -0.1) is 0 Å². The standard InChI is InChI=1S/C16H17ClN2O4/c1-9-16(21)11(10(8-20)6-18-9)7-19-13-4-12(17)14(22-2)5-15(13)23-3/h4-7,20-21H,8H2,1-3H3. The first-order valence-electron chi connectivity index (χ1n) is 6.75. The van der Waals surface area contributed by atoms with Gasteiger partial charge in [0.2, 0.25) is 0 Å². The molecule has 23 heavy (non-hydrogen) atoms. The molecule has 2 rings (SSSR count). The van der Waals surface area contributed by atoms with Crippen molar-refractivity contribution in [2.75, 3.05) is 14.2 Å². The quantitative estimate of drug-likeness (QED) is 0.820. The van der Waals surface area contributed by atoms with Crippen LogP contribution in [0, 0.1) is 6.92 Å². The molecule has 0 fully saturated rings. The molecule has 6 nitrogen and oxygen atoms in total. The normalized spacial score (nSPS) is 11.0. The highest BCUT2D eigenvalue weighted by molar-refractivity contribution is 6.32. The molecule has 0 spiro atoms. The van der Waals surface area contributed by atoms with E-state index >= 15 is 0 Å². The van der Waals surface area contributed by atoms with Gasteiger partial charge in [0.05, 0.1) is 31.5 Å². The van der Waals surface area contributed by atoms with E-state index in [0.29, 0.717) is 39.0 Å². The summed E-state index contributed by atoms with van der Waals surface area (Å²) in [5.74, 6) is 0.915. The molecule has 2 N–H and O–H groups in total. The van der Waals surface area contributed by atoms with Gasteiger partial charge in [0, 0.05) is 29.6 Å². The first-order chi connectivity index (χ1) is 11.0. The van der Waals surface area contributed by atoms with Gasteiger partial charge in [-0.05, 0) is 13.0 Å². The number of nitrogens with zero attached hydrogens (tertiary/aromatic N) is 2. The molecule has 0 saturated heterocycles. The zero-order valence-corrected chi connectivity index (χ0v) is 13.8. The maximum atomic E-state index is 10.1. The van der Waals surface area contributed by atoms with Gasteiger partial charge in [0.1, 0.15) is 22.9 Å². The summed E-state index contributed by atoms with van der Waals surface area (Å²) in [7, 11) is 3.02. The van der Waals surface area contributed by atoms with Gasteiger partial charge in [0.15, 0.2) is 0 Å². The minimum atomic E-state index is -0.261. The van der Waals surface area contributed by atoms with Gasteiger partial charge in [-0.25, -0.2) is 0 Å². The Morgan fingerprint density at radius 2 is 1.96 bits per heavy atom. The number of rotatable bonds is 5. The predicted molar refractivity (Wildman–Crippen MR) is 88.4 cm³/mol. The van der Waals surface area contributed by atoms with Gasteiger partial charge in [-0.1, -0.05) is 11.6 Å². The Morgan fingerprint density at radius 1 is 1.26 bits per heavy atom. The number of ether oxygens (including phenoxy) is 2. The summed E-state index contributed by atoms with van der Waals surface area (Å²) in [6.07, 6.45) is 2.94. The number of hydrogen-bond donors (Lipinski definition) is 2. The van der Waals surface area contributed by atoms with Crippen LogP contribution >= 0.6 is 11.6 Å². The predicted octanol–water partition coefficient (Wildman–Crippen LogP) is 3.01. The van der Waals surface area contributed by atoms with Crippen molar-refractivity contribution < 1.29 is 19.7 Å². The molecule has 0 unspecified atom stereocenters. The molecule has 0 bridgehead atoms. The van der Waals surface area contributed by atoms with E-state index in [9.17, 15) is 10.2 Å². The molecule has 0 amide bonds. The number of aliphatic imine (C=N–C) groups is 1. The van der Waals surface area contributed by atoms with Crippen LogP contribution in [0.25, 0.3) is 0 Å². The fraction of sp³-hybridized carbons (Fsp3) is 0.250. The molecule has 1 aromatic carbocycles. The number of methoxy groups -OCH3 is 2.